The number of hydrogen-bond donors (Lipinski definition) is 0. The molecule has 1 aliphatic rings. The number of ether oxygens (including phenoxy) is 1. The molecule has 1 fully saturated rings. The first-order valence-electron chi connectivity index (χ1n) is 6.92. The van der Waals surface area contributed by atoms with Gasteiger partial charge in [-0.15, -0.1) is 11.3 Å². The Morgan fingerprint density at radius 1 is 0.850 bits per heavy atom. The normalized spacial score (nSPS) is 14.0. The Balaban J connectivity index is 0.000000205. The van der Waals surface area contributed by atoms with Crippen molar-refractivity contribution in [3.8, 4) is 10.6 Å². The zero-order valence-electron chi connectivity index (χ0n) is 11.3. The molecule has 0 atom stereocenters. The van der Waals surface area contributed by atoms with Crippen molar-refractivity contribution in [3.05, 3.63) is 54.6 Å². The van der Waals surface area contributed by atoms with Gasteiger partial charge in [-0.25, -0.2) is 4.98 Å². The molecule has 2 heterocycles. The van der Waals surface area contributed by atoms with Gasteiger partial charge in [-0.1, -0.05) is 42.5 Å². The second kappa shape index (κ2) is 6.64. The average Bonchev–Trinajstić information content (AvgIpc) is 3.20. The summed E-state index contributed by atoms with van der Waals surface area (Å²) in [7, 11) is 0. The van der Waals surface area contributed by atoms with E-state index in [9.17, 15) is 0 Å². The lowest BCUT2D eigenvalue weighted by atomic mass is 10.2. The summed E-state index contributed by atoms with van der Waals surface area (Å²) in [4.78, 5) is 4.60. The SMILES string of the molecule is C1CCOC1.c1ccc(-c2nc3ccccc3s2)cc1. The number of aromatic nitrogens is 1. The molecule has 3 heteroatoms. The van der Waals surface area contributed by atoms with Crippen LogP contribution in [0.2, 0.25) is 0 Å². The quantitative estimate of drug-likeness (QED) is 0.642. The summed E-state index contributed by atoms with van der Waals surface area (Å²) < 4.78 is 6.19. The standard InChI is InChI=1S/C13H9NS.C4H8O/c1-2-6-10(7-3-1)13-14-11-8-4-5-9-12(11)15-13;1-2-4-5-3-1/h1-9H;1-4H2. The van der Waals surface area contributed by atoms with Crippen molar-refractivity contribution in [1.29, 1.82) is 0 Å². The third-order valence-electron chi connectivity index (χ3n) is 3.14. The highest BCUT2D eigenvalue weighted by Crippen LogP contribution is 2.29. The van der Waals surface area contributed by atoms with Crippen molar-refractivity contribution in [2.45, 2.75) is 12.8 Å². The summed E-state index contributed by atoms with van der Waals surface area (Å²) in [6.07, 6.45) is 2.56. The summed E-state index contributed by atoms with van der Waals surface area (Å²) in [5.41, 5.74) is 2.28. The molecule has 20 heavy (non-hydrogen) atoms. The molecular weight excluding hydrogens is 266 g/mol. The Hall–Kier alpha value is -1.71. The van der Waals surface area contributed by atoms with Crippen LogP contribution in [0.5, 0.6) is 0 Å². The first-order chi connectivity index (χ1) is 9.93. The Bertz CT molecular complexity index is 618. The molecule has 0 bridgehead atoms. The molecule has 1 saturated heterocycles. The van der Waals surface area contributed by atoms with Crippen LogP contribution in [-0.4, -0.2) is 18.2 Å². The molecule has 0 saturated carbocycles. The molecule has 0 N–H and O–H groups in total. The van der Waals surface area contributed by atoms with E-state index in [0.29, 0.717) is 0 Å². The largest absolute Gasteiger partial charge is 0.381 e. The molecule has 1 aliphatic heterocycles. The number of para-hydroxylation sites is 1. The highest BCUT2D eigenvalue weighted by atomic mass is 32.1. The van der Waals surface area contributed by atoms with E-state index in [1.807, 2.05) is 24.3 Å². The zero-order valence-corrected chi connectivity index (χ0v) is 12.1. The summed E-state index contributed by atoms with van der Waals surface area (Å²) in [6, 6.07) is 18.5. The molecule has 2 aromatic carbocycles. The number of hydrogen-bond acceptors (Lipinski definition) is 3. The number of rotatable bonds is 1. The first kappa shape index (κ1) is 13.3. The third-order valence-corrected chi connectivity index (χ3v) is 4.23. The lowest BCUT2D eigenvalue weighted by Crippen LogP contribution is -1.74. The van der Waals surface area contributed by atoms with Gasteiger partial charge in [0, 0.05) is 18.8 Å². The topological polar surface area (TPSA) is 22.1 Å². The smallest absolute Gasteiger partial charge is 0.124 e. The lowest BCUT2D eigenvalue weighted by molar-refractivity contribution is 0.198. The number of fused-ring (bicyclic) bond motifs is 1. The summed E-state index contributed by atoms with van der Waals surface area (Å²) in [6.45, 7) is 2.00. The Morgan fingerprint density at radius 3 is 2.20 bits per heavy atom. The predicted octanol–water partition coefficient (Wildman–Crippen LogP) is 4.76. The molecule has 2 nitrogen and oxygen atoms in total. The minimum atomic E-state index is 1.00. The maximum Gasteiger partial charge on any atom is 0.124 e. The van der Waals surface area contributed by atoms with Crippen molar-refractivity contribution in [2.75, 3.05) is 13.2 Å². The molecule has 0 amide bonds. The molecule has 0 aliphatic carbocycles. The maximum absolute atomic E-state index is 4.94. The van der Waals surface area contributed by atoms with Crippen molar-refractivity contribution in [3.63, 3.8) is 0 Å². The van der Waals surface area contributed by atoms with E-state index in [-0.39, 0.29) is 0 Å². The average molecular weight is 283 g/mol. The van der Waals surface area contributed by atoms with Crippen LogP contribution in [0.4, 0.5) is 0 Å². The molecular formula is C17H17NOS. The Morgan fingerprint density at radius 2 is 1.55 bits per heavy atom. The van der Waals surface area contributed by atoms with Gasteiger partial charge in [-0.05, 0) is 25.0 Å². The van der Waals surface area contributed by atoms with Crippen LogP contribution in [0, 0.1) is 0 Å². The van der Waals surface area contributed by atoms with Crippen molar-refractivity contribution in [1.82, 2.24) is 4.98 Å². The van der Waals surface area contributed by atoms with E-state index in [4.69, 9.17) is 4.74 Å². The maximum atomic E-state index is 4.94. The van der Waals surface area contributed by atoms with Gasteiger partial charge in [0.05, 0.1) is 10.2 Å². The molecule has 4 rings (SSSR count). The van der Waals surface area contributed by atoms with Crippen molar-refractivity contribution >= 4 is 21.6 Å². The fourth-order valence-electron chi connectivity index (χ4n) is 2.09. The van der Waals surface area contributed by atoms with E-state index >= 15 is 0 Å². The second-order valence-corrected chi connectivity index (χ2v) is 5.70. The summed E-state index contributed by atoms with van der Waals surface area (Å²) in [5.74, 6) is 0. The summed E-state index contributed by atoms with van der Waals surface area (Å²) >= 11 is 1.74. The Labute approximate surface area is 123 Å². The second-order valence-electron chi connectivity index (χ2n) is 4.67. The van der Waals surface area contributed by atoms with Crippen molar-refractivity contribution < 1.29 is 4.74 Å². The highest BCUT2D eigenvalue weighted by molar-refractivity contribution is 7.21. The van der Waals surface area contributed by atoms with E-state index in [2.05, 4.69) is 35.3 Å². The predicted molar refractivity (Wildman–Crippen MR) is 85.1 cm³/mol. The number of benzene rings is 2. The van der Waals surface area contributed by atoms with Crippen LogP contribution < -0.4 is 0 Å². The number of nitrogens with zero attached hydrogens (tertiary/aromatic N) is 1. The summed E-state index contributed by atoms with van der Waals surface area (Å²) in [5, 5.41) is 1.09. The Kier molecular flexibility index (Phi) is 4.41. The minimum absolute atomic E-state index is 1.00. The monoisotopic (exact) mass is 283 g/mol. The van der Waals surface area contributed by atoms with Crippen LogP contribution in [0.15, 0.2) is 54.6 Å². The minimum Gasteiger partial charge on any atom is -0.381 e. The van der Waals surface area contributed by atoms with Crippen LogP contribution in [-0.2, 0) is 4.74 Å². The first-order valence-corrected chi connectivity index (χ1v) is 7.74. The molecule has 0 radical (unpaired) electrons. The fraction of sp³-hybridized carbons (Fsp3) is 0.235. The molecule has 0 spiro atoms. The number of thiazole rings is 1. The van der Waals surface area contributed by atoms with Crippen molar-refractivity contribution in [2.24, 2.45) is 0 Å². The van der Waals surface area contributed by atoms with Crippen LogP contribution in [0.1, 0.15) is 12.8 Å². The van der Waals surface area contributed by atoms with Gasteiger partial charge in [0.25, 0.3) is 0 Å². The van der Waals surface area contributed by atoms with Crippen LogP contribution >= 0.6 is 11.3 Å². The van der Waals surface area contributed by atoms with E-state index in [1.165, 1.54) is 23.1 Å². The molecule has 102 valence electrons. The van der Waals surface area contributed by atoms with Gasteiger partial charge < -0.3 is 4.74 Å². The molecule has 1 aromatic heterocycles. The van der Waals surface area contributed by atoms with E-state index in [0.717, 1.165) is 23.7 Å². The van der Waals surface area contributed by atoms with Gasteiger partial charge in [-0.3, -0.25) is 0 Å². The van der Waals surface area contributed by atoms with Crippen LogP contribution in [0.3, 0.4) is 0 Å². The van der Waals surface area contributed by atoms with Gasteiger partial charge in [0.15, 0.2) is 0 Å². The fourth-order valence-corrected chi connectivity index (χ4v) is 3.06. The lowest BCUT2D eigenvalue weighted by Gasteiger charge is -1.92. The molecule has 0 unspecified atom stereocenters. The van der Waals surface area contributed by atoms with Gasteiger partial charge in [-0.2, -0.15) is 0 Å². The van der Waals surface area contributed by atoms with E-state index < -0.39 is 0 Å². The molecule has 3 aromatic rings. The van der Waals surface area contributed by atoms with E-state index in [1.54, 1.807) is 11.3 Å². The van der Waals surface area contributed by atoms with Gasteiger partial charge in [0.1, 0.15) is 5.01 Å². The third kappa shape index (κ3) is 3.24. The zero-order chi connectivity index (χ0) is 13.6. The highest BCUT2D eigenvalue weighted by Gasteiger charge is 2.03. The van der Waals surface area contributed by atoms with Gasteiger partial charge in [0.2, 0.25) is 0 Å². The van der Waals surface area contributed by atoms with Gasteiger partial charge >= 0.3 is 0 Å². The van der Waals surface area contributed by atoms with Crippen LogP contribution in [0.25, 0.3) is 20.8 Å².